The molecule has 0 spiro atoms. The molecule has 1 aliphatic heterocycles. The van der Waals surface area contributed by atoms with Crippen LogP contribution in [0.25, 0.3) is 10.9 Å². The number of benzene rings is 2. The Morgan fingerprint density at radius 2 is 1.81 bits per heavy atom. The summed E-state index contributed by atoms with van der Waals surface area (Å²) in [6, 6.07) is 15.6. The maximum absolute atomic E-state index is 12.8. The maximum Gasteiger partial charge on any atom is 0.243 e. The van der Waals surface area contributed by atoms with Crippen LogP contribution < -0.4 is 5.32 Å². The summed E-state index contributed by atoms with van der Waals surface area (Å²) in [6.07, 6.45) is 6.99. The Balaban J connectivity index is 1.31. The number of aryl methyl sites for hydroxylation is 1. The highest BCUT2D eigenvalue weighted by atomic mass is 32.2. The third kappa shape index (κ3) is 5.19. The van der Waals surface area contributed by atoms with E-state index < -0.39 is 10.0 Å². The molecule has 0 radical (unpaired) electrons. The van der Waals surface area contributed by atoms with E-state index in [9.17, 15) is 13.2 Å². The summed E-state index contributed by atoms with van der Waals surface area (Å²) >= 11 is 1.72. The largest absolute Gasteiger partial charge is 0.356 e. The summed E-state index contributed by atoms with van der Waals surface area (Å²) in [5, 5.41) is 3.86. The molecule has 0 bridgehead atoms. The second-order valence-electron chi connectivity index (χ2n) is 8.04. The third-order valence-electron chi connectivity index (χ3n) is 5.92. The minimum Gasteiger partial charge on any atom is -0.356 e. The first-order valence-corrected chi connectivity index (χ1v) is 13.6. The number of carbonyl (C=O) groups excluding carboxylic acids is 1. The lowest BCUT2D eigenvalue weighted by molar-refractivity contribution is -0.121. The van der Waals surface area contributed by atoms with Crippen LogP contribution in [0.4, 0.5) is 0 Å². The minimum absolute atomic E-state index is 0.0146. The van der Waals surface area contributed by atoms with Crippen LogP contribution in [0, 0.1) is 0 Å². The number of thioether (sulfide) groups is 1. The van der Waals surface area contributed by atoms with Gasteiger partial charge in [-0.25, -0.2) is 8.42 Å². The molecule has 32 heavy (non-hydrogen) atoms. The van der Waals surface area contributed by atoms with Gasteiger partial charge in [-0.1, -0.05) is 12.1 Å². The van der Waals surface area contributed by atoms with Crippen molar-refractivity contribution in [1.82, 2.24) is 14.2 Å². The molecule has 1 amide bonds. The van der Waals surface area contributed by atoms with Gasteiger partial charge in [0.1, 0.15) is 0 Å². The van der Waals surface area contributed by atoms with Gasteiger partial charge in [-0.15, -0.1) is 11.8 Å². The van der Waals surface area contributed by atoms with Gasteiger partial charge in [0.05, 0.1) is 4.90 Å². The number of nitrogens with zero attached hydrogens (tertiary/aromatic N) is 2. The summed E-state index contributed by atoms with van der Waals surface area (Å²) in [6.45, 7) is 2.36. The van der Waals surface area contributed by atoms with Gasteiger partial charge < -0.3 is 9.88 Å². The number of sulfonamides is 1. The lowest BCUT2D eigenvalue weighted by atomic mass is 10.1. The van der Waals surface area contributed by atoms with Crippen molar-refractivity contribution in [2.45, 2.75) is 42.0 Å². The van der Waals surface area contributed by atoms with Gasteiger partial charge in [-0.05, 0) is 67.5 Å². The monoisotopic (exact) mass is 471 g/mol. The molecular weight excluding hydrogens is 442 g/mol. The van der Waals surface area contributed by atoms with Gasteiger partial charge in [0.15, 0.2) is 0 Å². The number of rotatable bonds is 9. The predicted octanol–water partition coefficient (Wildman–Crippen LogP) is 3.90. The molecule has 2 aromatic carbocycles. The zero-order valence-corrected chi connectivity index (χ0v) is 19.9. The van der Waals surface area contributed by atoms with Crippen LogP contribution in [0.2, 0.25) is 0 Å². The van der Waals surface area contributed by atoms with Gasteiger partial charge in [0.25, 0.3) is 0 Å². The van der Waals surface area contributed by atoms with E-state index in [1.54, 1.807) is 28.2 Å². The Morgan fingerprint density at radius 1 is 1.06 bits per heavy atom. The van der Waals surface area contributed by atoms with Crippen molar-refractivity contribution < 1.29 is 13.2 Å². The van der Waals surface area contributed by atoms with Crippen LogP contribution in [0.15, 0.2) is 64.5 Å². The summed E-state index contributed by atoms with van der Waals surface area (Å²) < 4.78 is 29.2. The zero-order valence-electron chi connectivity index (χ0n) is 18.3. The topological polar surface area (TPSA) is 71.4 Å². The van der Waals surface area contributed by atoms with Crippen molar-refractivity contribution in [3.8, 4) is 0 Å². The molecule has 4 rings (SSSR count). The van der Waals surface area contributed by atoms with E-state index in [0.29, 0.717) is 37.5 Å². The normalized spacial score (nSPS) is 14.8. The molecule has 1 fully saturated rings. The van der Waals surface area contributed by atoms with Gasteiger partial charge in [0.2, 0.25) is 15.9 Å². The lowest BCUT2D eigenvalue weighted by Gasteiger charge is -2.15. The third-order valence-corrected chi connectivity index (χ3v) is 8.56. The van der Waals surface area contributed by atoms with Crippen molar-refractivity contribution in [1.29, 1.82) is 0 Å². The first-order chi connectivity index (χ1) is 15.5. The van der Waals surface area contributed by atoms with E-state index in [2.05, 4.69) is 35.8 Å². The Bertz CT molecular complexity index is 1180. The Hall–Kier alpha value is -2.29. The first-order valence-electron chi connectivity index (χ1n) is 11.0. The van der Waals surface area contributed by atoms with E-state index >= 15 is 0 Å². The predicted molar refractivity (Wildman–Crippen MR) is 129 cm³/mol. The van der Waals surface area contributed by atoms with Gasteiger partial charge in [-0.3, -0.25) is 4.79 Å². The average Bonchev–Trinajstić information content (AvgIpc) is 3.48. The lowest BCUT2D eigenvalue weighted by Crippen LogP contribution is -2.27. The van der Waals surface area contributed by atoms with Crippen molar-refractivity contribution in [2.24, 2.45) is 0 Å². The fourth-order valence-corrected chi connectivity index (χ4v) is 6.02. The van der Waals surface area contributed by atoms with Crippen LogP contribution in [0.1, 0.15) is 24.8 Å². The summed E-state index contributed by atoms with van der Waals surface area (Å²) in [4.78, 5) is 13.9. The van der Waals surface area contributed by atoms with E-state index in [1.807, 2.05) is 22.9 Å². The standard InChI is InChI=1S/C24H29N3O3S2/c1-31-21-6-4-19(5-7-21)10-13-25-24(28)12-17-26-16-11-20-18-22(8-9-23(20)26)32(29,30)27-14-2-3-15-27/h4-9,11,16,18H,2-3,10,12-15,17H2,1H3,(H,25,28). The molecule has 8 heteroatoms. The highest BCUT2D eigenvalue weighted by molar-refractivity contribution is 7.98. The molecule has 1 aromatic heterocycles. The number of nitrogens with one attached hydrogen (secondary N) is 1. The minimum atomic E-state index is -3.43. The van der Waals surface area contributed by atoms with Crippen molar-refractivity contribution >= 4 is 38.6 Å². The summed E-state index contributed by atoms with van der Waals surface area (Å²) in [7, 11) is -3.43. The van der Waals surface area contributed by atoms with E-state index in [1.165, 1.54) is 10.5 Å². The first kappa shape index (κ1) is 22.9. The highest BCUT2D eigenvalue weighted by Crippen LogP contribution is 2.25. The van der Waals surface area contributed by atoms with E-state index in [0.717, 1.165) is 30.2 Å². The fourth-order valence-electron chi connectivity index (χ4n) is 4.06. The molecule has 1 N–H and O–H groups in total. The molecular formula is C24H29N3O3S2. The van der Waals surface area contributed by atoms with Crippen molar-refractivity contribution in [3.05, 3.63) is 60.3 Å². The number of carbonyl (C=O) groups is 1. The van der Waals surface area contributed by atoms with Crippen LogP contribution in [-0.4, -0.2) is 49.1 Å². The summed E-state index contributed by atoms with van der Waals surface area (Å²) in [5.74, 6) is 0.0146. The zero-order chi connectivity index (χ0) is 22.6. The van der Waals surface area contributed by atoms with Gasteiger partial charge in [-0.2, -0.15) is 4.31 Å². The quantitative estimate of drug-likeness (QED) is 0.481. The SMILES string of the molecule is CSc1ccc(CCNC(=O)CCn2ccc3cc(S(=O)(=O)N4CCCC4)ccc32)cc1. The van der Waals surface area contributed by atoms with Crippen LogP contribution >= 0.6 is 11.8 Å². The smallest absolute Gasteiger partial charge is 0.243 e. The number of amides is 1. The molecule has 2 heterocycles. The van der Waals surface area contributed by atoms with Crippen LogP contribution in [0.5, 0.6) is 0 Å². The molecule has 0 atom stereocenters. The van der Waals surface area contributed by atoms with E-state index in [4.69, 9.17) is 0 Å². The fraction of sp³-hybridized carbons (Fsp3) is 0.375. The second-order valence-corrected chi connectivity index (χ2v) is 10.9. The Morgan fingerprint density at radius 3 is 2.53 bits per heavy atom. The molecule has 6 nitrogen and oxygen atoms in total. The second kappa shape index (κ2) is 10.1. The molecule has 1 saturated heterocycles. The Kier molecular flexibility index (Phi) is 7.23. The number of fused-ring (bicyclic) bond motifs is 1. The molecule has 0 aliphatic carbocycles. The number of aromatic nitrogens is 1. The van der Waals surface area contributed by atoms with Crippen molar-refractivity contribution in [2.75, 3.05) is 25.9 Å². The molecule has 0 saturated carbocycles. The number of hydrogen-bond acceptors (Lipinski definition) is 4. The molecule has 0 unspecified atom stereocenters. The van der Waals surface area contributed by atoms with Crippen molar-refractivity contribution in [3.63, 3.8) is 0 Å². The number of hydrogen-bond donors (Lipinski definition) is 1. The summed E-state index contributed by atoms with van der Waals surface area (Å²) in [5.41, 5.74) is 2.14. The van der Waals surface area contributed by atoms with E-state index in [-0.39, 0.29) is 5.91 Å². The maximum atomic E-state index is 12.8. The van der Waals surface area contributed by atoms with Gasteiger partial charge >= 0.3 is 0 Å². The highest BCUT2D eigenvalue weighted by Gasteiger charge is 2.27. The Labute approximate surface area is 194 Å². The molecule has 1 aliphatic rings. The molecule has 3 aromatic rings. The average molecular weight is 472 g/mol. The van der Waals surface area contributed by atoms with Crippen LogP contribution in [0.3, 0.4) is 0 Å². The molecule has 170 valence electrons. The van der Waals surface area contributed by atoms with Gasteiger partial charge in [0, 0.05) is 54.6 Å². The van der Waals surface area contributed by atoms with Crippen LogP contribution in [-0.2, 0) is 27.8 Å².